The van der Waals surface area contributed by atoms with E-state index in [0.29, 0.717) is 17.3 Å². The number of carbonyl (C=O) groups excluding carboxylic acids is 1. The summed E-state index contributed by atoms with van der Waals surface area (Å²) < 4.78 is 6.95. The number of ether oxygens (including phenoxy) is 1. The minimum atomic E-state index is -0.234. The first-order valence-corrected chi connectivity index (χ1v) is 6.40. The molecule has 1 aromatic carbocycles. The van der Waals surface area contributed by atoms with Crippen molar-refractivity contribution in [2.45, 2.75) is 0 Å². The number of aryl methyl sites for hydroxylation is 1. The largest absolute Gasteiger partial charge is 0.479 e. The number of hydrogen-bond acceptors (Lipinski definition) is 4. The second kappa shape index (κ2) is 5.24. The molecule has 3 rings (SSSR count). The van der Waals surface area contributed by atoms with Crippen LogP contribution in [-0.4, -0.2) is 27.6 Å². The molecule has 0 aliphatic heterocycles. The lowest BCUT2D eigenvalue weighted by Crippen LogP contribution is -2.16. The Morgan fingerprint density at radius 1 is 1.33 bits per heavy atom. The van der Waals surface area contributed by atoms with Crippen LogP contribution in [-0.2, 0) is 7.05 Å². The summed E-state index contributed by atoms with van der Waals surface area (Å²) in [7, 11) is 3.35. The van der Waals surface area contributed by atoms with Crippen LogP contribution in [0.15, 0.2) is 42.9 Å². The van der Waals surface area contributed by atoms with Crippen molar-refractivity contribution in [3.8, 4) is 5.88 Å². The summed E-state index contributed by atoms with van der Waals surface area (Å²) in [5.74, 6) is 0.0962. The lowest BCUT2D eigenvalue weighted by molar-refractivity contribution is 0.101. The smallest absolute Gasteiger partial charge is 0.272 e. The topological polar surface area (TPSA) is 69.0 Å². The number of nitrogens with zero attached hydrogens (tertiary/aromatic N) is 3. The highest BCUT2D eigenvalue weighted by molar-refractivity contribution is 6.06. The summed E-state index contributed by atoms with van der Waals surface area (Å²) >= 11 is 0. The molecule has 0 fully saturated rings. The fourth-order valence-corrected chi connectivity index (χ4v) is 2.26. The van der Waals surface area contributed by atoms with Gasteiger partial charge in [0.1, 0.15) is 17.7 Å². The van der Waals surface area contributed by atoms with Gasteiger partial charge in [-0.2, -0.15) is 4.98 Å². The maximum atomic E-state index is 12.4. The van der Waals surface area contributed by atoms with E-state index < -0.39 is 0 Å². The Bertz CT molecular complexity index is 810. The third-order valence-electron chi connectivity index (χ3n) is 3.30. The molecule has 0 saturated heterocycles. The summed E-state index contributed by atoms with van der Waals surface area (Å²) in [4.78, 5) is 20.3. The van der Waals surface area contributed by atoms with Crippen molar-refractivity contribution in [1.82, 2.24) is 14.5 Å². The number of para-hydroxylation sites is 1. The highest BCUT2D eigenvalue weighted by Gasteiger charge is 2.15. The van der Waals surface area contributed by atoms with Crippen LogP contribution in [0.4, 0.5) is 5.69 Å². The van der Waals surface area contributed by atoms with Crippen molar-refractivity contribution in [2.75, 3.05) is 12.4 Å². The molecule has 0 atom stereocenters. The molecule has 0 saturated carbocycles. The van der Waals surface area contributed by atoms with Gasteiger partial charge in [0.15, 0.2) is 0 Å². The van der Waals surface area contributed by atoms with E-state index in [9.17, 15) is 4.79 Å². The number of amides is 1. The third kappa shape index (κ3) is 2.31. The molecule has 1 N–H and O–H groups in total. The van der Waals surface area contributed by atoms with Gasteiger partial charge in [0, 0.05) is 18.0 Å². The average Bonchev–Trinajstić information content (AvgIpc) is 2.85. The van der Waals surface area contributed by atoms with Gasteiger partial charge in [-0.05, 0) is 12.1 Å². The average molecular weight is 282 g/mol. The molecule has 6 heteroatoms. The second-order valence-electron chi connectivity index (χ2n) is 4.55. The van der Waals surface area contributed by atoms with Crippen LogP contribution in [0.1, 0.15) is 10.5 Å². The number of aromatic nitrogens is 3. The number of benzene rings is 1. The Balaban J connectivity index is 1.96. The van der Waals surface area contributed by atoms with E-state index in [1.54, 1.807) is 0 Å². The van der Waals surface area contributed by atoms with Crippen LogP contribution in [0.3, 0.4) is 0 Å². The van der Waals surface area contributed by atoms with Crippen LogP contribution in [0.25, 0.3) is 10.9 Å². The van der Waals surface area contributed by atoms with Crippen LogP contribution < -0.4 is 10.1 Å². The van der Waals surface area contributed by atoms with Crippen LogP contribution >= 0.6 is 0 Å². The van der Waals surface area contributed by atoms with E-state index in [0.717, 1.165) is 10.9 Å². The maximum Gasteiger partial charge on any atom is 0.272 e. The molecule has 106 valence electrons. The van der Waals surface area contributed by atoms with Crippen molar-refractivity contribution >= 4 is 22.5 Å². The zero-order valence-corrected chi connectivity index (χ0v) is 11.7. The van der Waals surface area contributed by atoms with E-state index in [2.05, 4.69) is 15.3 Å². The standard InChI is InChI=1S/C15H14N4O2/c1-19-12-6-4-3-5-10(12)7-13(19)14(20)18-11-8-16-9-17-15(11)21-2/h3-9H,1-2H3,(H,18,20). The highest BCUT2D eigenvalue weighted by Crippen LogP contribution is 2.22. The van der Waals surface area contributed by atoms with Gasteiger partial charge >= 0.3 is 0 Å². The monoisotopic (exact) mass is 282 g/mol. The molecular formula is C15H14N4O2. The van der Waals surface area contributed by atoms with E-state index >= 15 is 0 Å². The number of methoxy groups -OCH3 is 1. The summed E-state index contributed by atoms with van der Waals surface area (Å²) in [5, 5.41) is 3.78. The second-order valence-corrected chi connectivity index (χ2v) is 4.55. The summed E-state index contributed by atoms with van der Waals surface area (Å²) in [6.07, 6.45) is 2.87. The van der Waals surface area contributed by atoms with Gasteiger partial charge < -0.3 is 14.6 Å². The predicted octanol–water partition coefficient (Wildman–Crippen LogP) is 2.23. The van der Waals surface area contributed by atoms with Crippen molar-refractivity contribution in [3.05, 3.63) is 48.5 Å². The van der Waals surface area contributed by atoms with E-state index in [1.165, 1.54) is 19.6 Å². The predicted molar refractivity (Wildman–Crippen MR) is 79.5 cm³/mol. The fourth-order valence-electron chi connectivity index (χ4n) is 2.26. The summed E-state index contributed by atoms with van der Waals surface area (Å²) in [5.41, 5.74) is 2.00. The van der Waals surface area contributed by atoms with Crippen LogP contribution in [0.2, 0.25) is 0 Å². The van der Waals surface area contributed by atoms with Gasteiger partial charge in [0.05, 0.1) is 13.3 Å². The molecule has 21 heavy (non-hydrogen) atoms. The fraction of sp³-hybridized carbons (Fsp3) is 0.133. The van der Waals surface area contributed by atoms with Gasteiger partial charge in [-0.1, -0.05) is 18.2 Å². The Labute approximate surface area is 121 Å². The van der Waals surface area contributed by atoms with Crippen molar-refractivity contribution in [2.24, 2.45) is 7.05 Å². The summed E-state index contributed by atoms with van der Waals surface area (Å²) in [6, 6.07) is 9.67. The molecule has 0 radical (unpaired) electrons. The lowest BCUT2D eigenvalue weighted by Gasteiger charge is -2.08. The molecule has 0 aliphatic carbocycles. The van der Waals surface area contributed by atoms with E-state index in [-0.39, 0.29) is 5.91 Å². The number of anilines is 1. The van der Waals surface area contributed by atoms with E-state index in [4.69, 9.17) is 4.74 Å². The Morgan fingerprint density at radius 3 is 2.90 bits per heavy atom. The Hall–Kier alpha value is -2.89. The molecular weight excluding hydrogens is 268 g/mol. The molecule has 0 aliphatic rings. The van der Waals surface area contributed by atoms with Gasteiger partial charge in [-0.25, -0.2) is 4.98 Å². The first kappa shape index (κ1) is 13.1. The first-order chi connectivity index (χ1) is 10.2. The van der Waals surface area contributed by atoms with Gasteiger partial charge in [0.2, 0.25) is 5.88 Å². The minimum absolute atomic E-state index is 0.234. The molecule has 0 spiro atoms. The first-order valence-electron chi connectivity index (χ1n) is 6.40. The third-order valence-corrected chi connectivity index (χ3v) is 3.30. The number of rotatable bonds is 3. The molecule has 0 bridgehead atoms. The number of nitrogens with one attached hydrogen (secondary N) is 1. The molecule has 6 nitrogen and oxygen atoms in total. The molecule has 2 aromatic heterocycles. The zero-order valence-electron chi connectivity index (χ0n) is 11.7. The van der Waals surface area contributed by atoms with Crippen molar-refractivity contribution < 1.29 is 9.53 Å². The van der Waals surface area contributed by atoms with Crippen LogP contribution in [0, 0.1) is 0 Å². The molecule has 0 unspecified atom stereocenters. The quantitative estimate of drug-likeness (QED) is 0.799. The van der Waals surface area contributed by atoms with Crippen molar-refractivity contribution in [3.63, 3.8) is 0 Å². The Morgan fingerprint density at radius 2 is 2.14 bits per heavy atom. The molecule has 3 aromatic rings. The minimum Gasteiger partial charge on any atom is -0.479 e. The maximum absolute atomic E-state index is 12.4. The zero-order chi connectivity index (χ0) is 14.8. The highest BCUT2D eigenvalue weighted by atomic mass is 16.5. The summed E-state index contributed by atoms with van der Waals surface area (Å²) in [6.45, 7) is 0. The number of carbonyl (C=O) groups is 1. The SMILES string of the molecule is COc1ncncc1NC(=O)c1cc2ccccc2n1C. The van der Waals surface area contributed by atoms with Gasteiger partial charge in [0.25, 0.3) is 5.91 Å². The number of hydrogen-bond donors (Lipinski definition) is 1. The normalized spacial score (nSPS) is 10.6. The van der Waals surface area contributed by atoms with Crippen molar-refractivity contribution in [1.29, 1.82) is 0 Å². The van der Waals surface area contributed by atoms with Gasteiger partial charge in [-0.3, -0.25) is 4.79 Å². The van der Waals surface area contributed by atoms with Crippen LogP contribution in [0.5, 0.6) is 5.88 Å². The molecule has 1 amide bonds. The molecule has 2 heterocycles. The van der Waals surface area contributed by atoms with E-state index in [1.807, 2.05) is 41.9 Å². The van der Waals surface area contributed by atoms with Gasteiger partial charge in [-0.15, -0.1) is 0 Å². The lowest BCUT2D eigenvalue weighted by atomic mass is 10.2. The number of fused-ring (bicyclic) bond motifs is 1. The Kier molecular flexibility index (Phi) is 3.27.